The second-order valence-corrected chi connectivity index (χ2v) is 6.41. The number of unbranched alkanes of at least 4 members (excludes halogenated alkanes) is 9. The quantitative estimate of drug-likeness (QED) is 0.286. The van der Waals surface area contributed by atoms with Crippen molar-refractivity contribution in [2.24, 2.45) is 5.73 Å². The molecule has 0 rings (SSSR count). The van der Waals surface area contributed by atoms with E-state index in [1.807, 2.05) is 0 Å². The van der Waals surface area contributed by atoms with E-state index in [0.717, 1.165) is 25.8 Å². The van der Waals surface area contributed by atoms with Crippen LogP contribution in [0.5, 0.6) is 0 Å². The molecule has 4 nitrogen and oxygen atoms in total. The van der Waals surface area contributed by atoms with Crippen LogP contribution in [0.2, 0.25) is 0 Å². The summed E-state index contributed by atoms with van der Waals surface area (Å²) in [5, 5.41) is 0. The van der Waals surface area contributed by atoms with Gasteiger partial charge in [0.2, 0.25) is 0 Å². The zero-order chi connectivity index (χ0) is 13.0. The fourth-order valence-corrected chi connectivity index (χ4v) is 2.49. The van der Waals surface area contributed by atoms with Crippen LogP contribution in [0.4, 0.5) is 0 Å². The third-order valence-electron chi connectivity index (χ3n) is 2.89. The van der Waals surface area contributed by atoms with Crippen molar-refractivity contribution in [1.82, 2.24) is 0 Å². The van der Waals surface area contributed by atoms with Gasteiger partial charge in [0.05, 0.1) is 0 Å². The largest absolute Gasteiger partial charge is 1.00 e. The second kappa shape index (κ2) is 15.1. The van der Waals surface area contributed by atoms with Gasteiger partial charge in [-0.15, -0.1) is 0 Å². The third kappa shape index (κ3) is 20.1. The van der Waals surface area contributed by atoms with Crippen LogP contribution in [0, 0.1) is 0 Å². The van der Waals surface area contributed by atoms with E-state index >= 15 is 0 Å². The topological polar surface area (TPSA) is 86.4 Å². The molecule has 0 aliphatic rings. The van der Waals surface area contributed by atoms with Crippen LogP contribution in [-0.2, 0) is 4.57 Å². The Morgan fingerprint density at radius 3 is 1.50 bits per heavy atom. The van der Waals surface area contributed by atoms with Crippen molar-refractivity contribution in [2.75, 3.05) is 12.7 Å². The third-order valence-corrected chi connectivity index (χ3v) is 3.78. The Morgan fingerprint density at radius 2 is 1.17 bits per heavy atom. The van der Waals surface area contributed by atoms with Crippen LogP contribution >= 0.6 is 7.60 Å². The zero-order valence-electron chi connectivity index (χ0n) is 11.8. The Balaban J connectivity index is 0. The Bertz CT molecular complexity index is 211. The van der Waals surface area contributed by atoms with E-state index in [9.17, 15) is 9.46 Å². The summed E-state index contributed by atoms with van der Waals surface area (Å²) in [7, 11) is -4.00. The summed E-state index contributed by atoms with van der Waals surface area (Å²) in [5.41, 5.74) is 5.41. The van der Waals surface area contributed by atoms with E-state index in [-0.39, 0.29) is 57.5 Å². The van der Waals surface area contributed by atoms with Gasteiger partial charge >= 0.3 is 51.4 Å². The molecule has 0 aromatic heterocycles. The van der Waals surface area contributed by atoms with Crippen LogP contribution < -0.4 is 62.0 Å². The predicted molar refractivity (Wildman–Crippen MR) is 69.9 cm³/mol. The van der Waals surface area contributed by atoms with Gasteiger partial charge in [0.15, 0.2) is 0 Å². The van der Waals surface area contributed by atoms with E-state index < -0.39 is 7.60 Å². The van der Waals surface area contributed by atoms with Crippen LogP contribution in [0.1, 0.15) is 64.2 Å². The number of rotatable bonds is 12. The molecule has 0 saturated carbocycles. The smallest absolute Gasteiger partial charge is 0.779 e. The summed E-state index contributed by atoms with van der Waals surface area (Å²) in [6.45, 7) is 0.800. The van der Waals surface area contributed by atoms with Crippen molar-refractivity contribution >= 4 is 7.60 Å². The standard InChI is InChI=1S/C12H28NO3P.K/c13-11-9-7-5-3-1-2-4-6-8-10-12-17(14,15)16;/h1-13H2,(H2,14,15,16);/q;+1/p-1. The average molecular weight is 303 g/mol. The van der Waals surface area contributed by atoms with Gasteiger partial charge in [-0.1, -0.05) is 51.4 Å². The summed E-state index contributed by atoms with van der Waals surface area (Å²) in [6.07, 6.45) is 11.1. The first kappa shape index (κ1) is 22.0. The van der Waals surface area contributed by atoms with Crippen molar-refractivity contribution < 1.29 is 65.7 Å². The molecule has 0 aromatic carbocycles. The summed E-state index contributed by atoms with van der Waals surface area (Å²) >= 11 is 0. The van der Waals surface area contributed by atoms with Gasteiger partial charge in [-0.3, -0.25) is 0 Å². The molecule has 6 heteroatoms. The maximum atomic E-state index is 10.5. The minimum atomic E-state index is -4.00. The van der Waals surface area contributed by atoms with Crippen molar-refractivity contribution in [2.45, 2.75) is 64.2 Å². The molecule has 3 N–H and O–H groups in total. The first-order chi connectivity index (χ1) is 8.06. The maximum Gasteiger partial charge on any atom is 1.00 e. The van der Waals surface area contributed by atoms with E-state index in [2.05, 4.69) is 0 Å². The van der Waals surface area contributed by atoms with Crippen molar-refractivity contribution in [3.63, 3.8) is 0 Å². The molecular formula is C12H27KNO3P. The van der Waals surface area contributed by atoms with Crippen molar-refractivity contribution in [3.05, 3.63) is 0 Å². The van der Waals surface area contributed by atoms with Gasteiger partial charge in [-0.2, -0.15) is 0 Å². The molecule has 104 valence electrons. The molecule has 1 atom stereocenters. The molecule has 0 aliphatic carbocycles. The molecule has 0 saturated heterocycles. The molecule has 0 bridgehead atoms. The van der Waals surface area contributed by atoms with Gasteiger partial charge < -0.3 is 20.1 Å². The van der Waals surface area contributed by atoms with Gasteiger partial charge in [0.25, 0.3) is 0 Å². The summed E-state index contributed by atoms with van der Waals surface area (Å²) in [4.78, 5) is 19.0. The van der Waals surface area contributed by atoms with E-state index in [0.29, 0.717) is 6.42 Å². The van der Waals surface area contributed by atoms with Crippen LogP contribution in [0.3, 0.4) is 0 Å². The Kier molecular flexibility index (Phi) is 18.5. The molecule has 0 spiro atoms. The minimum Gasteiger partial charge on any atom is -0.779 e. The van der Waals surface area contributed by atoms with Crippen LogP contribution in [0.25, 0.3) is 0 Å². The summed E-state index contributed by atoms with van der Waals surface area (Å²) in [6, 6.07) is 0. The van der Waals surface area contributed by atoms with Crippen molar-refractivity contribution in [1.29, 1.82) is 0 Å². The van der Waals surface area contributed by atoms with E-state index in [4.69, 9.17) is 10.6 Å². The molecule has 0 radical (unpaired) electrons. The normalized spacial score (nSPS) is 13.9. The Morgan fingerprint density at radius 1 is 0.833 bits per heavy atom. The minimum absolute atomic E-state index is 0. The van der Waals surface area contributed by atoms with Crippen molar-refractivity contribution in [3.8, 4) is 0 Å². The van der Waals surface area contributed by atoms with Gasteiger partial charge in [0, 0.05) is 6.16 Å². The second-order valence-electron chi connectivity index (χ2n) is 4.69. The maximum absolute atomic E-state index is 10.5. The van der Waals surface area contributed by atoms with E-state index in [1.54, 1.807) is 0 Å². The van der Waals surface area contributed by atoms with E-state index in [1.165, 1.54) is 38.5 Å². The number of nitrogens with two attached hydrogens (primary N) is 1. The van der Waals surface area contributed by atoms with Crippen LogP contribution in [-0.4, -0.2) is 17.6 Å². The summed E-state index contributed by atoms with van der Waals surface area (Å²) < 4.78 is 10.5. The van der Waals surface area contributed by atoms with Gasteiger partial charge in [0.1, 0.15) is 7.60 Å². The first-order valence-corrected chi connectivity index (χ1v) is 8.55. The molecule has 0 amide bonds. The Hall–Kier alpha value is 1.75. The Labute approximate surface area is 154 Å². The molecule has 0 heterocycles. The molecule has 0 aliphatic heterocycles. The average Bonchev–Trinajstić information content (AvgIpc) is 2.24. The number of hydrogen-bond donors (Lipinski definition) is 2. The fourth-order valence-electron chi connectivity index (χ4n) is 1.87. The molecular weight excluding hydrogens is 276 g/mol. The number of hydrogen-bond acceptors (Lipinski definition) is 3. The fraction of sp³-hybridized carbons (Fsp3) is 1.00. The van der Waals surface area contributed by atoms with Crippen LogP contribution in [0.15, 0.2) is 0 Å². The zero-order valence-corrected chi connectivity index (χ0v) is 15.8. The van der Waals surface area contributed by atoms with Gasteiger partial charge in [-0.05, 0) is 19.4 Å². The molecule has 1 unspecified atom stereocenters. The SMILES string of the molecule is NCCCCCCCCCCCCP(=O)([O-])O.[K+]. The summed E-state index contributed by atoms with van der Waals surface area (Å²) in [5.74, 6) is 0. The molecule has 0 fully saturated rings. The monoisotopic (exact) mass is 303 g/mol. The first-order valence-electron chi connectivity index (χ1n) is 6.79. The predicted octanol–water partition coefficient (Wildman–Crippen LogP) is -0.604. The molecule has 18 heavy (non-hydrogen) atoms. The van der Waals surface area contributed by atoms with Gasteiger partial charge in [-0.25, -0.2) is 0 Å². The molecule has 0 aromatic rings.